The molecule has 3 fully saturated rings. The molecule has 11 nitrogen and oxygen atoms in total. The molecule has 5 rings (SSSR count). The highest BCUT2D eigenvalue weighted by molar-refractivity contribution is 6.09. The lowest BCUT2D eigenvalue weighted by molar-refractivity contribution is -0.683. The summed E-state index contributed by atoms with van der Waals surface area (Å²) in [5.41, 5.74) is 6.62. The molecule has 4 amide bonds. The Hall–Kier alpha value is -4.02. The second-order valence-corrected chi connectivity index (χ2v) is 9.04. The average Bonchev–Trinajstić information content (AvgIpc) is 3.31. The Morgan fingerprint density at radius 1 is 1.29 bits per heavy atom. The van der Waals surface area contributed by atoms with E-state index in [4.69, 9.17) is 5.73 Å². The van der Waals surface area contributed by atoms with Gasteiger partial charge in [-0.05, 0) is 30.6 Å². The number of aromatic nitrogens is 1. The molecule has 1 aromatic rings. The van der Waals surface area contributed by atoms with Crippen LogP contribution < -0.4 is 15.2 Å². The lowest BCUT2D eigenvalue weighted by Gasteiger charge is -2.49. The SMILES string of the molecule is CC(=O)N1CC2CC(C=C3CCN(c4ccc[n+](CC(N)=O)c4)C3=O)=C(C(=O)O)N3C(=O)C1[C@@H]23. The molecule has 1 aromatic heterocycles. The van der Waals surface area contributed by atoms with Crippen LogP contribution >= 0.6 is 0 Å². The molecular formula is C23H24N5O6+. The monoisotopic (exact) mass is 466 g/mol. The van der Waals surface area contributed by atoms with Crippen molar-refractivity contribution in [3.8, 4) is 0 Å². The number of pyridine rings is 1. The number of carbonyl (C=O) groups excluding carboxylic acids is 4. The van der Waals surface area contributed by atoms with E-state index >= 15 is 0 Å². The van der Waals surface area contributed by atoms with Crippen molar-refractivity contribution in [3.05, 3.63) is 47.4 Å². The zero-order valence-electron chi connectivity index (χ0n) is 18.5. The van der Waals surface area contributed by atoms with E-state index < -0.39 is 23.8 Å². The summed E-state index contributed by atoms with van der Waals surface area (Å²) < 4.78 is 1.59. The minimum Gasteiger partial charge on any atom is -0.477 e. The number of carboxylic acids is 1. The van der Waals surface area contributed by atoms with E-state index in [-0.39, 0.29) is 36.0 Å². The van der Waals surface area contributed by atoms with E-state index in [0.29, 0.717) is 42.8 Å². The number of carbonyl (C=O) groups is 5. The van der Waals surface area contributed by atoms with Gasteiger partial charge in [-0.1, -0.05) is 0 Å². The molecular weight excluding hydrogens is 442 g/mol. The number of allylic oxidation sites excluding steroid dienone is 2. The van der Waals surface area contributed by atoms with Gasteiger partial charge in [-0.25, -0.2) is 4.79 Å². The molecule has 5 heterocycles. The number of hydrogen-bond donors (Lipinski definition) is 2. The van der Waals surface area contributed by atoms with Gasteiger partial charge in [-0.2, -0.15) is 4.57 Å². The predicted octanol–water partition coefficient (Wildman–Crippen LogP) is -1.08. The number of nitrogens with zero attached hydrogens (tertiary/aromatic N) is 4. The molecule has 0 bridgehead atoms. The summed E-state index contributed by atoms with van der Waals surface area (Å²) in [4.78, 5) is 65.6. The maximum Gasteiger partial charge on any atom is 0.352 e. The van der Waals surface area contributed by atoms with Crippen LogP contribution in [0.1, 0.15) is 19.8 Å². The molecule has 0 aliphatic carbocycles. The van der Waals surface area contributed by atoms with Crippen LogP contribution in [0.2, 0.25) is 0 Å². The molecule has 4 aliphatic heterocycles. The Morgan fingerprint density at radius 2 is 2.06 bits per heavy atom. The van der Waals surface area contributed by atoms with Crippen LogP contribution in [0.25, 0.3) is 0 Å². The number of aliphatic carboxylic acids is 1. The van der Waals surface area contributed by atoms with E-state index in [1.807, 2.05) is 0 Å². The summed E-state index contributed by atoms with van der Waals surface area (Å²) in [5, 5.41) is 9.89. The highest BCUT2D eigenvalue weighted by Crippen LogP contribution is 2.47. The highest BCUT2D eigenvalue weighted by atomic mass is 16.4. The molecule has 34 heavy (non-hydrogen) atoms. The Morgan fingerprint density at radius 3 is 2.74 bits per heavy atom. The van der Waals surface area contributed by atoms with Gasteiger partial charge in [0.2, 0.25) is 12.5 Å². The third-order valence-corrected chi connectivity index (χ3v) is 6.96. The van der Waals surface area contributed by atoms with Crippen LogP contribution in [0, 0.1) is 5.92 Å². The lowest BCUT2D eigenvalue weighted by Crippen LogP contribution is -2.69. The molecule has 0 saturated carbocycles. The number of hydrogen-bond acceptors (Lipinski definition) is 5. The minimum atomic E-state index is -1.23. The number of primary amides is 1. The van der Waals surface area contributed by atoms with Crippen molar-refractivity contribution < 1.29 is 33.6 Å². The van der Waals surface area contributed by atoms with Gasteiger partial charge in [-0.3, -0.25) is 24.1 Å². The number of nitrogens with two attached hydrogens (primary N) is 1. The third-order valence-electron chi connectivity index (χ3n) is 6.96. The number of amides is 4. The fourth-order valence-corrected chi connectivity index (χ4v) is 5.58. The molecule has 0 radical (unpaired) electrons. The van der Waals surface area contributed by atoms with Gasteiger partial charge < -0.3 is 20.6 Å². The maximum atomic E-state index is 13.2. The average molecular weight is 466 g/mol. The molecule has 3 atom stereocenters. The van der Waals surface area contributed by atoms with Crippen LogP contribution in [0.4, 0.5) is 5.69 Å². The van der Waals surface area contributed by atoms with Crippen molar-refractivity contribution >= 4 is 35.3 Å². The molecule has 3 saturated heterocycles. The Bertz CT molecular complexity index is 1220. The number of likely N-dealkylation sites (tertiary alicyclic amines) is 1. The van der Waals surface area contributed by atoms with E-state index in [1.165, 1.54) is 16.7 Å². The first-order valence-electron chi connectivity index (χ1n) is 11.0. The van der Waals surface area contributed by atoms with Crippen molar-refractivity contribution in [1.82, 2.24) is 9.80 Å². The smallest absolute Gasteiger partial charge is 0.352 e. The van der Waals surface area contributed by atoms with Crippen molar-refractivity contribution in [2.75, 3.05) is 18.0 Å². The summed E-state index contributed by atoms with van der Waals surface area (Å²) in [6.45, 7) is 2.18. The Balaban J connectivity index is 1.44. The normalized spacial score (nSPS) is 26.8. The van der Waals surface area contributed by atoms with Gasteiger partial charge in [0.05, 0.1) is 6.04 Å². The molecule has 11 heteroatoms. The van der Waals surface area contributed by atoms with Crippen LogP contribution in [0.3, 0.4) is 0 Å². The molecule has 2 unspecified atom stereocenters. The molecule has 4 aliphatic rings. The zero-order chi connectivity index (χ0) is 24.3. The summed E-state index contributed by atoms with van der Waals surface area (Å²) >= 11 is 0. The largest absolute Gasteiger partial charge is 0.477 e. The van der Waals surface area contributed by atoms with Crippen LogP contribution in [-0.2, 0) is 30.5 Å². The summed E-state index contributed by atoms with van der Waals surface area (Å²) in [6.07, 6.45) is 5.71. The third kappa shape index (κ3) is 3.27. The summed E-state index contributed by atoms with van der Waals surface area (Å²) in [5.74, 6) is -2.66. The first-order chi connectivity index (χ1) is 16.2. The fourth-order valence-electron chi connectivity index (χ4n) is 5.58. The quantitative estimate of drug-likeness (QED) is 0.321. The second-order valence-electron chi connectivity index (χ2n) is 9.04. The molecule has 0 spiro atoms. The number of carboxylic acid groups (broad SMARTS) is 1. The van der Waals surface area contributed by atoms with Crippen molar-refractivity contribution in [1.29, 1.82) is 0 Å². The lowest BCUT2D eigenvalue weighted by atomic mass is 9.79. The van der Waals surface area contributed by atoms with Crippen LogP contribution in [-0.4, -0.2) is 69.7 Å². The van der Waals surface area contributed by atoms with E-state index in [9.17, 15) is 29.1 Å². The highest BCUT2D eigenvalue weighted by Gasteiger charge is 2.63. The van der Waals surface area contributed by atoms with Gasteiger partial charge >= 0.3 is 5.97 Å². The fraction of sp³-hybridized carbons (Fsp3) is 0.391. The van der Waals surface area contributed by atoms with E-state index in [1.54, 1.807) is 40.1 Å². The topological polar surface area (TPSA) is 145 Å². The summed E-state index contributed by atoms with van der Waals surface area (Å²) in [6, 6.07) is 2.54. The van der Waals surface area contributed by atoms with Crippen molar-refractivity contribution in [3.63, 3.8) is 0 Å². The summed E-state index contributed by atoms with van der Waals surface area (Å²) in [7, 11) is 0. The van der Waals surface area contributed by atoms with Gasteiger partial charge in [0, 0.05) is 37.6 Å². The second kappa shape index (κ2) is 7.79. The predicted molar refractivity (Wildman–Crippen MR) is 115 cm³/mol. The number of β-lactam (4-membered cyclic amide) rings is 1. The first-order valence-corrected chi connectivity index (χ1v) is 11.0. The molecule has 0 aromatic carbocycles. The maximum absolute atomic E-state index is 13.2. The van der Waals surface area contributed by atoms with Gasteiger partial charge in [-0.15, -0.1) is 0 Å². The Labute approximate surface area is 194 Å². The van der Waals surface area contributed by atoms with Gasteiger partial charge in [0.15, 0.2) is 12.4 Å². The van der Waals surface area contributed by atoms with Crippen molar-refractivity contribution in [2.24, 2.45) is 11.7 Å². The van der Waals surface area contributed by atoms with Crippen LogP contribution in [0.15, 0.2) is 47.4 Å². The van der Waals surface area contributed by atoms with Gasteiger partial charge in [0.1, 0.15) is 17.4 Å². The molecule has 3 N–H and O–H groups in total. The first kappa shape index (κ1) is 21.8. The number of rotatable bonds is 5. The standard InChI is InChI=1S/C23H23N5O6/c1-12(29)27-9-15-8-14(19(23(33)34)28-18(15)20(27)22(28)32)7-13-4-6-26(21(13)31)16-3-2-5-25(10-16)11-17(24)30/h2-3,5,7,10,15,18,20H,4,6,8-9,11H2,1H3,(H2-,24,30,33,34)/p+1/t15?,18-,20?/m1/s1. The number of anilines is 1. The van der Waals surface area contributed by atoms with Crippen LogP contribution in [0.5, 0.6) is 0 Å². The van der Waals surface area contributed by atoms with Crippen molar-refractivity contribution in [2.45, 2.75) is 38.4 Å². The van der Waals surface area contributed by atoms with E-state index in [0.717, 1.165) is 0 Å². The van der Waals surface area contributed by atoms with Gasteiger partial charge in [0.25, 0.3) is 17.7 Å². The molecule has 176 valence electrons. The Kier molecular flexibility index (Phi) is 4.99. The minimum absolute atomic E-state index is 0.0158. The van der Waals surface area contributed by atoms with E-state index in [2.05, 4.69) is 0 Å². The zero-order valence-corrected chi connectivity index (χ0v) is 18.5.